The minimum absolute atomic E-state index is 0.0265. The summed E-state index contributed by atoms with van der Waals surface area (Å²) < 4.78 is 1.92. The van der Waals surface area contributed by atoms with Crippen LogP contribution in [0.5, 0.6) is 0 Å². The summed E-state index contributed by atoms with van der Waals surface area (Å²) in [4.78, 5) is 11.8. The average Bonchev–Trinajstić information content (AvgIpc) is 2.85. The van der Waals surface area contributed by atoms with Crippen LogP contribution in [0.2, 0.25) is 0 Å². The first-order valence-corrected chi connectivity index (χ1v) is 8.32. The molecular formula is C16H22N4OS. The lowest BCUT2D eigenvalue weighted by Gasteiger charge is -2.07. The van der Waals surface area contributed by atoms with Crippen LogP contribution in [0.1, 0.15) is 19.4 Å². The minimum Gasteiger partial charge on any atom is -0.355 e. The van der Waals surface area contributed by atoms with Crippen molar-refractivity contribution in [3.05, 3.63) is 29.8 Å². The van der Waals surface area contributed by atoms with Crippen LogP contribution in [0.25, 0.3) is 11.4 Å². The Kier molecular flexibility index (Phi) is 5.60. The Morgan fingerprint density at radius 3 is 2.59 bits per heavy atom. The Morgan fingerprint density at radius 2 is 1.95 bits per heavy atom. The number of thioether (sulfide) groups is 1. The minimum atomic E-state index is 0.0265. The van der Waals surface area contributed by atoms with Gasteiger partial charge in [-0.2, -0.15) is 0 Å². The summed E-state index contributed by atoms with van der Waals surface area (Å²) in [7, 11) is 1.92. The van der Waals surface area contributed by atoms with Gasteiger partial charge in [0.05, 0.1) is 5.75 Å². The first-order valence-electron chi connectivity index (χ1n) is 7.33. The van der Waals surface area contributed by atoms with Crippen molar-refractivity contribution in [3.8, 4) is 11.4 Å². The Bertz CT molecular complexity index is 634. The predicted octanol–water partition coefficient (Wildman–Crippen LogP) is 2.65. The number of amides is 1. The normalized spacial score (nSPS) is 11.0. The van der Waals surface area contributed by atoms with Gasteiger partial charge < -0.3 is 9.88 Å². The molecule has 118 valence electrons. The molecule has 0 spiro atoms. The third kappa shape index (κ3) is 4.34. The summed E-state index contributed by atoms with van der Waals surface area (Å²) in [5.41, 5.74) is 2.24. The molecule has 0 saturated heterocycles. The highest BCUT2D eigenvalue weighted by atomic mass is 32.2. The Morgan fingerprint density at radius 1 is 1.27 bits per heavy atom. The second-order valence-electron chi connectivity index (χ2n) is 5.72. The van der Waals surface area contributed by atoms with Crippen LogP contribution >= 0.6 is 11.8 Å². The number of carbonyl (C=O) groups excluding carboxylic acids is 1. The fraction of sp³-hybridized carbons (Fsp3) is 0.438. The molecule has 0 fully saturated rings. The summed E-state index contributed by atoms with van der Waals surface area (Å²) in [6, 6.07) is 8.17. The van der Waals surface area contributed by atoms with Gasteiger partial charge >= 0.3 is 0 Å². The lowest BCUT2D eigenvalue weighted by Crippen LogP contribution is -2.28. The number of benzene rings is 1. The molecule has 0 saturated carbocycles. The van der Waals surface area contributed by atoms with Crippen LogP contribution in [0.3, 0.4) is 0 Å². The summed E-state index contributed by atoms with van der Waals surface area (Å²) in [5.74, 6) is 1.65. The number of aryl methyl sites for hydroxylation is 1. The number of carbonyl (C=O) groups is 1. The van der Waals surface area contributed by atoms with Gasteiger partial charge in [0, 0.05) is 19.2 Å². The second-order valence-corrected chi connectivity index (χ2v) is 6.66. The van der Waals surface area contributed by atoms with Crippen LogP contribution in [0.4, 0.5) is 0 Å². The maximum Gasteiger partial charge on any atom is 0.230 e. The third-order valence-corrected chi connectivity index (χ3v) is 4.20. The van der Waals surface area contributed by atoms with E-state index in [-0.39, 0.29) is 5.91 Å². The van der Waals surface area contributed by atoms with Crippen LogP contribution in [-0.4, -0.2) is 33.0 Å². The van der Waals surface area contributed by atoms with Gasteiger partial charge in [-0.15, -0.1) is 10.2 Å². The first kappa shape index (κ1) is 16.5. The Balaban J connectivity index is 1.99. The summed E-state index contributed by atoms with van der Waals surface area (Å²) in [5, 5.41) is 12.1. The molecular weight excluding hydrogens is 296 g/mol. The molecule has 1 aromatic heterocycles. The lowest BCUT2D eigenvalue weighted by molar-refractivity contribution is -0.118. The average molecular weight is 318 g/mol. The molecule has 1 N–H and O–H groups in total. The van der Waals surface area contributed by atoms with E-state index in [1.54, 1.807) is 0 Å². The molecule has 1 amide bonds. The molecule has 0 aliphatic rings. The van der Waals surface area contributed by atoms with Gasteiger partial charge in [-0.3, -0.25) is 4.79 Å². The van der Waals surface area contributed by atoms with Crippen molar-refractivity contribution < 1.29 is 4.79 Å². The van der Waals surface area contributed by atoms with E-state index in [9.17, 15) is 4.79 Å². The van der Waals surface area contributed by atoms with Crippen LogP contribution in [-0.2, 0) is 11.8 Å². The first-order chi connectivity index (χ1) is 10.5. The third-order valence-electron chi connectivity index (χ3n) is 3.18. The quantitative estimate of drug-likeness (QED) is 0.832. The van der Waals surface area contributed by atoms with Gasteiger partial charge in [0.25, 0.3) is 0 Å². The predicted molar refractivity (Wildman–Crippen MR) is 89.7 cm³/mol. The zero-order valence-electron chi connectivity index (χ0n) is 13.5. The zero-order valence-corrected chi connectivity index (χ0v) is 14.3. The van der Waals surface area contributed by atoms with Gasteiger partial charge in [0.1, 0.15) is 0 Å². The number of aromatic nitrogens is 3. The van der Waals surface area contributed by atoms with E-state index >= 15 is 0 Å². The Labute approximate surface area is 135 Å². The molecule has 0 unspecified atom stereocenters. The molecule has 5 nitrogen and oxygen atoms in total. The van der Waals surface area contributed by atoms with E-state index < -0.39 is 0 Å². The molecule has 22 heavy (non-hydrogen) atoms. The van der Waals surface area contributed by atoms with Crippen molar-refractivity contribution in [1.82, 2.24) is 20.1 Å². The van der Waals surface area contributed by atoms with Crippen molar-refractivity contribution in [1.29, 1.82) is 0 Å². The number of hydrogen-bond donors (Lipinski definition) is 1. The van der Waals surface area contributed by atoms with Gasteiger partial charge in [0.15, 0.2) is 11.0 Å². The number of rotatable bonds is 6. The van der Waals surface area contributed by atoms with Gasteiger partial charge in [-0.1, -0.05) is 55.4 Å². The fourth-order valence-electron chi connectivity index (χ4n) is 1.89. The van der Waals surface area contributed by atoms with Gasteiger partial charge in [0.2, 0.25) is 5.91 Å². The molecule has 2 rings (SSSR count). The van der Waals surface area contributed by atoms with E-state index in [1.165, 1.54) is 17.3 Å². The largest absolute Gasteiger partial charge is 0.355 e. The molecule has 0 bridgehead atoms. The number of nitrogens with zero attached hydrogens (tertiary/aromatic N) is 3. The summed E-state index contributed by atoms with van der Waals surface area (Å²) >= 11 is 1.40. The molecule has 2 aromatic rings. The highest BCUT2D eigenvalue weighted by Gasteiger charge is 2.12. The molecule has 0 aliphatic heterocycles. The highest BCUT2D eigenvalue weighted by molar-refractivity contribution is 7.99. The smallest absolute Gasteiger partial charge is 0.230 e. The Hall–Kier alpha value is -1.82. The number of nitrogens with one attached hydrogen (secondary N) is 1. The van der Waals surface area contributed by atoms with Crippen LogP contribution in [0, 0.1) is 12.8 Å². The molecule has 0 atom stereocenters. The molecule has 1 heterocycles. The van der Waals surface area contributed by atoms with Crippen molar-refractivity contribution in [3.63, 3.8) is 0 Å². The van der Waals surface area contributed by atoms with E-state index in [1.807, 2.05) is 23.7 Å². The maximum atomic E-state index is 11.8. The summed E-state index contributed by atoms with van der Waals surface area (Å²) in [6.45, 7) is 6.90. The standard InChI is InChI=1S/C16H22N4OS/c1-11(2)9-17-14(21)10-22-16-19-18-15(20(16)4)13-7-5-12(3)6-8-13/h5-8,11H,9-10H2,1-4H3,(H,17,21). The second kappa shape index (κ2) is 7.45. The van der Waals surface area contributed by atoms with E-state index in [0.29, 0.717) is 18.2 Å². The topological polar surface area (TPSA) is 59.8 Å². The van der Waals surface area contributed by atoms with Crippen LogP contribution < -0.4 is 5.32 Å². The van der Waals surface area contributed by atoms with E-state index in [4.69, 9.17) is 0 Å². The van der Waals surface area contributed by atoms with Crippen molar-refractivity contribution in [2.75, 3.05) is 12.3 Å². The highest BCUT2D eigenvalue weighted by Crippen LogP contribution is 2.22. The van der Waals surface area contributed by atoms with Crippen molar-refractivity contribution in [2.45, 2.75) is 25.9 Å². The van der Waals surface area contributed by atoms with E-state index in [2.05, 4.69) is 48.4 Å². The molecule has 6 heteroatoms. The summed E-state index contributed by atoms with van der Waals surface area (Å²) in [6.07, 6.45) is 0. The number of hydrogen-bond acceptors (Lipinski definition) is 4. The monoisotopic (exact) mass is 318 g/mol. The molecule has 0 aliphatic carbocycles. The van der Waals surface area contributed by atoms with Crippen molar-refractivity contribution in [2.24, 2.45) is 13.0 Å². The lowest BCUT2D eigenvalue weighted by atomic mass is 10.1. The zero-order chi connectivity index (χ0) is 16.1. The van der Waals surface area contributed by atoms with Gasteiger partial charge in [-0.25, -0.2) is 0 Å². The SMILES string of the molecule is Cc1ccc(-c2nnc(SCC(=O)NCC(C)C)n2C)cc1. The van der Waals surface area contributed by atoms with Crippen LogP contribution in [0.15, 0.2) is 29.4 Å². The van der Waals surface area contributed by atoms with Gasteiger partial charge in [-0.05, 0) is 12.8 Å². The maximum absolute atomic E-state index is 11.8. The molecule has 1 aromatic carbocycles. The fourth-order valence-corrected chi connectivity index (χ4v) is 2.63. The van der Waals surface area contributed by atoms with E-state index in [0.717, 1.165) is 16.5 Å². The van der Waals surface area contributed by atoms with Crippen molar-refractivity contribution >= 4 is 17.7 Å². The molecule has 0 radical (unpaired) electrons.